The van der Waals surface area contributed by atoms with E-state index in [1.54, 1.807) is 0 Å². The summed E-state index contributed by atoms with van der Waals surface area (Å²) in [6.45, 7) is 0. The van der Waals surface area contributed by atoms with Gasteiger partial charge in [0, 0.05) is 42.6 Å². The first kappa shape index (κ1) is 24.6. The zero-order chi connectivity index (χ0) is 27.9. The van der Waals surface area contributed by atoms with Crippen LogP contribution in [0.25, 0.3) is 53.2 Å². The molecular weight excluding hydrogens is 527 g/mol. The number of benzene rings is 7. The molecule has 0 spiro atoms. The Morgan fingerprint density at radius 1 is 0.357 bits per heavy atom. The summed E-state index contributed by atoms with van der Waals surface area (Å²) in [6.07, 6.45) is 0. The van der Waals surface area contributed by atoms with Crippen LogP contribution < -0.4 is 4.90 Å². The molecule has 0 aliphatic carbocycles. The molecule has 0 fully saturated rings. The van der Waals surface area contributed by atoms with Crippen molar-refractivity contribution in [2.75, 3.05) is 4.90 Å². The minimum atomic E-state index is 1.13. The van der Waals surface area contributed by atoms with Gasteiger partial charge in [-0.25, -0.2) is 0 Å². The molecule has 8 aromatic rings. The van der Waals surface area contributed by atoms with E-state index in [0.29, 0.717) is 0 Å². The van der Waals surface area contributed by atoms with E-state index in [9.17, 15) is 0 Å². The van der Waals surface area contributed by atoms with E-state index in [-0.39, 0.29) is 0 Å². The van der Waals surface area contributed by atoms with Crippen molar-refractivity contribution in [3.05, 3.63) is 164 Å². The van der Waals surface area contributed by atoms with Crippen LogP contribution in [0.1, 0.15) is 0 Å². The number of para-hydroxylation sites is 2. The van der Waals surface area contributed by atoms with E-state index >= 15 is 0 Å². The molecule has 0 N–H and O–H groups in total. The molecule has 42 heavy (non-hydrogen) atoms. The third-order valence-electron chi connectivity index (χ3n) is 8.04. The van der Waals surface area contributed by atoms with Gasteiger partial charge < -0.3 is 4.90 Å². The quantitative estimate of drug-likeness (QED) is 0.205. The Kier molecular flexibility index (Phi) is 6.05. The maximum Gasteiger partial charge on any atom is 0.0462 e. The zero-order valence-electron chi connectivity index (χ0n) is 22.9. The maximum atomic E-state index is 2.32. The van der Waals surface area contributed by atoms with E-state index in [0.717, 1.165) is 17.1 Å². The second kappa shape index (κ2) is 10.3. The third-order valence-corrected chi connectivity index (χ3v) is 9.25. The molecule has 0 atom stereocenters. The van der Waals surface area contributed by atoms with Crippen molar-refractivity contribution >= 4 is 59.3 Å². The van der Waals surface area contributed by atoms with Gasteiger partial charge in [-0.2, -0.15) is 0 Å². The Labute approximate surface area is 249 Å². The minimum absolute atomic E-state index is 1.13. The minimum Gasteiger partial charge on any atom is -0.311 e. The van der Waals surface area contributed by atoms with E-state index in [1.807, 2.05) is 11.3 Å². The molecule has 0 amide bonds. The van der Waals surface area contributed by atoms with Crippen molar-refractivity contribution in [2.45, 2.75) is 0 Å². The molecule has 1 heterocycles. The van der Waals surface area contributed by atoms with Gasteiger partial charge >= 0.3 is 0 Å². The first-order valence-electron chi connectivity index (χ1n) is 14.3. The summed E-state index contributed by atoms with van der Waals surface area (Å²) in [5, 5.41) is 5.25. The van der Waals surface area contributed by atoms with Crippen LogP contribution in [0, 0.1) is 0 Å². The number of fused-ring (bicyclic) bond motifs is 5. The van der Waals surface area contributed by atoms with Crippen LogP contribution in [0.3, 0.4) is 0 Å². The molecule has 0 saturated heterocycles. The molecule has 2 heteroatoms. The Hall–Kier alpha value is -5.18. The lowest BCUT2D eigenvalue weighted by Crippen LogP contribution is -2.09. The summed E-state index contributed by atoms with van der Waals surface area (Å²) in [5.74, 6) is 0. The number of hydrogen-bond donors (Lipinski definition) is 0. The summed E-state index contributed by atoms with van der Waals surface area (Å²) in [5.41, 5.74) is 8.45. The first-order chi connectivity index (χ1) is 20.9. The van der Waals surface area contributed by atoms with Crippen molar-refractivity contribution in [2.24, 2.45) is 0 Å². The normalized spacial score (nSPS) is 11.3. The Bertz CT molecular complexity index is 2120. The lowest BCUT2D eigenvalue weighted by atomic mass is 9.86. The van der Waals surface area contributed by atoms with E-state index < -0.39 is 0 Å². The highest BCUT2D eigenvalue weighted by Gasteiger charge is 2.21. The van der Waals surface area contributed by atoms with Crippen LogP contribution >= 0.6 is 11.3 Å². The van der Waals surface area contributed by atoms with Crippen LogP contribution in [0.4, 0.5) is 17.1 Å². The summed E-state index contributed by atoms with van der Waals surface area (Å²) < 4.78 is 2.68. The molecule has 8 rings (SSSR count). The maximum absolute atomic E-state index is 2.32. The lowest BCUT2D eigenvalue weighted by Gasteiger charge is -2.26. The SMILES string of the molecule is c1ccc(-c2c(-c3ccc(N(c4ccccc4)c4ccccc4)cc3)c3ccccc3c3sc4ccccc4c23)cc1. The van der Waals surface area contributed by atoms with E-state index in [4.69, 9.17) is 0 Å². The number of nitrogens with zero attached hydrogens (tertiary/aromatic N) is 1. The van der Waals surface area contributed by atoms with Crippen molar-refractivity contribution in [1.82, 2.24) is 0 Å². The predicted octanol–water partition coefficient (Wildman–Crippen LogP) is 12.0. The number of thiophene rings is 1. The van der Waals surface area contributed by atoms with Crippen LogP contribution in [-0.2, 0) is 0 Å². The summed E-state index contributed by atoms with van der Waals surface area (Å²) in [6, 6.07) is 58.9. The molecule has 198 valence electrons. The second-order valence-corrected chi connectivity index (χ2v) is 11.6. The zero-order valence-corrected chi connectivity index (χ0v) is 23.8. The fraction of sp³-hybridized carbons (Fsp3) is 0. The summed E-state index contributed by atoms with van der Waals surface area (Å²) in [4.78, 5) is 2.32. The second-order valence-electron chi connectivity index (χ2n) is 10.5. The molecule has 0 unspecified atom stereocenters. The van der Waals surface area contributed by atoms with Gasteiger partial charge in [-0.1, -0.05) is 121 Å². The molecule has 1 nitrogen and oxygen atoms in total. The highest BCUT2D eigenvalue weighted by atomic mass is 32.1. The summed E-state index contributed by atoms with van der Waals surface area (Å²) in [7, 11) is 0. The van der Waals surface area contributed by atoms with Gasteiger partial charge in [0.2, 0.25) is 0 Å². The van der Waals surface area contributed by atoms with Gasteiger partial charge in [-0.3, -0.25) is 0 Å². The van der Waals surface area contributed by atoms with Crippen molar-refractivity contribution in [1.29, 1.82) is 0 Å². The molecule has 0 bridgehead atoms. The van der Waals surface area contributed by atoms with Crippen LogP contribution in [0.2, 0.25) is 0 Å². The van der Waals surface area contributed by atoms with Crippen LogP contribution in [0.15, 0.2) is 164 Å². The van der Waals surface area contributed by atoms with Crippen molar-refractivity contribution < 1.29 is 0 Å². The third kappa shape index (κ3) is 4.08. The average molecular weight is 554 g/mol. The molecule has 0 aliphatic heterocycles. The van der Waals surface area contributed by atoms with Crippen molar-refractivity contribution in [3.8, 4) is 22.3 Å². The van der Waals surface area contributed by atoms with E-state index in [1.165, 1.54) is 53.2 Å². The Morgan fingerprint density at radius 3 is 1.48 bits per heavy atom. The van der Waals surface area contributed by atoms with E-state index in [2.05, 4.69) is 169 Å². The first-order valence-corrected chi connectivity index (χ1v) is 15.1. The van der Waals surface area contributed by atoms with Crippen LogP contribution in [-0.4, -0.2) is 0 Å². The lowest BCUT2D eigenvalue weighted by molar-refractivity contribution is 1.28. The highest BCUT2D eigenvalue weighted by molar-refractivity contribution is 7.26. The van der Waals surface area contributed by atoms with Gasteiger partial charge in [-0.05, 0) is 70.1 Å². The van der Waals surface area contributed by atoms with Crippen molar-refractivity contribution in [3.63, 3.8) is 0 Å². The monoisotopic (exact) mass is 553 g/mol. The number of hydrogen-bond acceptors (Lipinski definition) is 2. The number of rotatable bonds is 5. The van der Waals surface area contributed by atoms with Gasteiger partial charge in [0.15, 0.2) is 0 Å². The molecule has 7 aromatic carbocycles. The smallest absolute Gasteiger partial charge is 0.0462 e. The predicted molar refractivity (Wildman–Crippen MR) is 182 cm³/mol. The topological polar surface area (TPSA) is 3.24 Å². The highest BCUT2D eigenvalue weighted by Crippen LogP contribution is 2.50. The van der Waals surface area contributed by atoms with Gasteiger partial charge in [0.25, 0.3) is 0 Å². The van der Waals surface area contributed by atoms with Gasteiger partial charge in [-0.15, -0.1) is 11.3 Å². The Balaban J connectivity index is 1.40. The molecule has 0 aliphatic rings. The summed E-state index contributed by atoms with van der Waals surface area (Å²) >= 11 is 1.90. The van der Waals surface area contributed by atoms with Gasteiger partial charge in [0.05, 0.1) is 0 Å². The molecule has 0 saturated carbocycles. The average Bonchev–Trinajstić information content (AvgIpc) is 3.46. The van der Waals surface area contributed by atoms with Crippen LogP contribution in [0.5, 0.6) is 0 Å². The fourth-order valence-electron chi connectivity index (χ4n) is 6.21. The molecule has 0 radical (unpaired) electrons. The largest absolute Gasteiger partial charge is 0.311 e. The van der Waals surface area contributed by atoms with Gasteiger partial charge in [0.1, 0.15) is 0 Å². The fourth-order valence-corrected chi connectivity index (χ4v) is 7.46. The Morgan fingerprint density at radius 2 is 0.833 bits per heavy atom. The molecule has 1 aromatic heterocycles. The molecular formula is C40H27NS. The number of anilines is 3. The standard InChI is InChI=1S/C40H27NS/c1-4-14-28(15-5-1)38-37(33-20-10-11-21-34(33)40-39(38)35-22-12-13-23-36(35)42-40)29-24-26-32(27-25-29)41(30-16-6-2-7-17-30)31-18-8-3-9-19-31/h1-27H.